The van der Waals surface area contributed by atoms with Crippen LogP contribution in [0.1, 0.15) is 0 Å². The number of rotatable bonds is 2. The molecular weight excluding hydrogens is 302 g/mol. The van der Waals surface area contributed by atoms with Crippen LogP contribution in [0.4, 0.5) is 5.69 Å². The summed E-state index contributed by atoms with van der Waals surface area (Å²) >= 11 is 3.58. The smallest absolute Gasteiger partial charge is 0.145 e. The molecule has 19 heavy (non-hydrogen) atoms. The van der Waals surface area contributed by atoms with E-state index in [9.17, 15) is 0 Å². The largest absolute Gasteiger partial charge is 0.376 e. The highest BCUT2D eigenvalue weighted by atomic mass is 79.9. The molecule has 0 aliphatic heterocycles. The van der Waals surface area contributed by atoms with Gasteiger partial charge in [-0.3, -0.25) is 4.40 Å². The summed E-state index contributed by atoms with van der Waals surface area (Å²) in [5.74, 6) is 0.950. The molecule has 0 radical (unpaired) electrons. The van der Waals surface area contributed by atoms with Crippen molar-refractivity contribution in [3.8, 4) is 11.4 Å². The zero-order valence-corrected chi connectivity index (χ0v) is 12.4. The standard InChI is InChI=1S/C15H14BrN3/c1-18(2)12-9-6-10-19-13(12)14(16)17-15(19)11-7-4-3-5-8-11/h3-10H,1-2H3. The van der Waals surface area contributed by atoms with Crippen molar-refractivity contribution in [2.45, 2.75) is 0 Å². The van der Waals surface area contributed by atoms with Crippen molar-refractivity contribution in [1.29, 1.82) is 0 Å². The molecule has 4 heteroatoms. The lowest BCUT2D eigenvalue weighted by atomic mass is 10.2. The maximum atomic E-state index is 4.66. The number of benzene rings is 1. The zero-order valence-electron chi connectivity index (χ0n) is 10.8. The summed E-state index contributed by atoms with van der Waals surface area (Å²) in [6, 6.07) is 14.4. The molecule has 3 aromatic rings. The molecule has 0 saturated carbocycles. The summed E-state index contributed by atoms with van der Waals surface area (Å²) in [6.45, 7) is 0. The number of nitrogens with zero attached hydrogens (tertiary/aromatic N) is 3. The van der Waals surface area contributed by atoms with Crippen LogP contribution < -0.4 is 4.90 Å². The summed E-state index contributed by atoms with van der Waals surface area (Å²) in [6.07, 6.45) is 2.04. The molecule has 0 unspecified atom stereocenters. The number of aromatic nitrogens is 2. The van der Waals surface area contributed by atoms with E-state index in [1.165, 1.54) is 0 Å². The van der Waals surface area contributed by atoms with Crippen LogP contribution in [0, 0.1) is 0 Å². The van der Waals surface area contributed by atoms with Gasteiger partial charge < -0.3 is 4.90 Å². The highest BCUT2D eigenvalue weighted by Gasteiger charge is 2.14. The molecule has 0 N–H and O–H groups in total. The minimum atomic E-state index is 0.871. The van der Waals surface area contributed by atoms with Crippen LogP contribution in [0.2, 0.25) is 0 Å². The number of hydrogen-bond donors (Lipinski definition) is 0. The molecule has 0 atom stereocenters. The fourth-order valence-corrected chi connectivity index (χ4v) is 2.79. The van der Waals surface area contributed by atoms with E-state index in [4.69, 9.17) is 0 Å². The Bertz CT molecular complexity index is 717. The van der Waals surface area contributed by atoms with Crippen LogP contribution in [0.5, 0.6) is 0 Å². The molecule has 96 valence electrons. The van der Waals surface area contributed by atoms with Gasteiger partial charge in [-0.1, -0.05) is 30.3 Å². The van der Waals surface area contributed by atoms with Crippen molar-refractivity contribution in [3.63, 3.8) is 0 Å². The van der Waals surface area contributed by atoms with E-state index >= 15 is 0 Å². The fraction of sp³-hybridized carbons (Fsp3) is 0.133. The number of pyridine rings is 1. The molecule has 0 spiro atoms. The van der Waals surface area contributed by atoms with Crippen molar-refractivity contribution >= 4 is 27.1 Å². The molecule has 0 aliphatic rings. The Hall–Kier alpha value is -1.81. The average molecular weight is 316 g/mol. The molecule has 0 fully saturated rings. The van der Waals surface area contributed by atoms with Gasteiger partial charge in [0.15, 0.2) is 0 Å². The first kappa shape index (κ1) is 12.2. The molecule has 2 aromatic heterocycles. The van der Waals surface area contributed by atoms with Crippen molar-refractivity contribution in [3.05, 3.63) is 53.3 Å². The second-order valence-corrected chi connectivity index (χ2v) is 5.35. The molecule has 0 aliphatic carbocycles. The molecule has 3 rings (SSSR count). The minimum Gasteiger partial charge on any atom is -0.376 e. The topological polar surface area (TPSA) is 20.5 Å². The van der Waals surface area contributed by atoms with Crippen molar-refractivity contribution in [1.82, 2.24) is 9.38 Å². The van der Waals surface area contributed by atoms with E-state index in [0.29, 0.717) is 0 Å². The summed E-state index contributed by atoms with van der Waals surface area (Å²) in [5.41, 5.74) is 3.34. The first-order valence-electron chi connectivity index (χ1n) is 6.08. The van der Waals surface area contributed by atoms with Gasteiger partial charge in [-0.2, -0.15) is 0 Å². The van der Waals surface area contributed by atoms with Gasteiger partial charge in [-0.05, 0) is 28.1 Å². The maximum Gasteiger partial charge on any atom is 0.145 e. The molecule has 0 saturated heterocycles. The van der Waals surface area contributed by atoms with Crippen molar-refractivity contribution in [2.75, 3.05) is 19.0 Å². The molecule has 1 aromatic carbocycles. The van der Waals surface area contributed by atoms with Gasteiger partial charge in [0.05, 0.1) is 5.69 Å². The molecule has 3 nitrogen and oxygen atoms in total. The second-order valence-electron chi connectivity index (χ2n) is 4.60. The van der Waals surface area contributed by atoms with E-state index in [-0.39, 0.29) is 0 Å². The van der Waals surface area contributed by atoms with Gasteiger partial charge in [-0.25, -0.2) is 4.98 Å². The molecule has 2 heterocycles. The monoisotopic (exact) mass is 315 g/mol. The van der Waals surface area contributed by atoms with Gasteiger partial charge in [0.1, 0.15) is 15.9 Å². The van der Waals surface area contributed by atoms with E-state index in [1.54, 1.807) is 0 Å². The normalized spacial score (nSPS) is 10.9. The molecule has 0 bridgehead atoms. The lowest BCUT2D eigenvalue weighted by Gasteiger charge is -2.14. The van der Waals surface area contributed by atoms with E-state index in [1.807, 2.05) is 44.6 Å². The average Bonchev–Trinajstić information content (AvgIpc) is 2.77. The quantitative estimate of drug-likeness (QED) is 0.716. The Kier molecular flexibility index (Phi) is 3.03. The van der Waals surface area contributed by atoms with Crippen LogP contribution in [-0.4, -0.2) is 23.5 Å². The van der Waals surface area contributed by atoms with Gasteiger partial charge in [0.25, 0.3) is 0 Å². The Morgan fingerprint density at radius 1 is 1.05 bits per heavy atom. The lowest BCUT2D eigenvalue weighted by Crippen LogP contribution is -2.09. The number of halogens is 1. The Morgan fingerprint density at radius 3 is 2.47 bits per heavy atom. The van der Waals surface area contributed by atoms with Crippen LogP contribution >= 0.6 is 15.9 Å². The lowest BCUT2D eigenvalue weighted by molar-refractivity contribution is 1.10. The van der Waals surface area contributed by atoms with Crippen LogP contribution in [0.15, 0.2) is 53.3 Å². The predicted molar refractivity (Wildman–Crippen MR) is 82.7 cm³/mol. The van der Waals surface area contributed by atoms with Crippen LogP contribution in [-0.2, 0) is 0 Å². The summed E-state index contributed by atoms with van der Waals surface area (Å²) in [5, 5.41) is 0. The van der Waals surface area contributed by atoms with E-state index < -0.39 is 0 Å². The van der Waals surface area contributed by atoms with Gasteiger partial charge in [-0.15, -0.1) is 0 Å². The van der Waals surface area contributed by atoms with E-state index in [0.717, 1.165) is 27.2 Å². The summed E-state index contributed by atoms with van der Waals surface area (Å²) < 4.78 is 2.99. The molecule has 0 amide bonds. The maximum absolute atomic E-state index is 4.66. The summed E-state index contributed by atoms with van der Waals surface area (Å²) in [7, 11) is 4.08. The predicted octanol–water partition coefficient (Wildman–Crippen LogP) is 3.83. The van der Waals surface area contributed by atoms with Gasteiger partial charge in [0.2, 0.25) is 0 Å². The van der Waals surface area contributed by atoms with Crippen molar-refractivity contribution < 1.29 is 0 Å². The number of imidazole rings is 1. The third kappa shape index (κ3) is 2.02. The number of hydrogen-bond acceptors (Lipinski definition) is 2. The van der Waals surface area contributed by atoms with Crippen LogP contribution in [0.3, 0.4) is 0 Å². The van der Waals surface area contributed by atoms with E-state index in [2.05, 4.69) is 48.4 Å². The first-order chi connectivity index (χ1) is 9.18. The second kappa shape index (κ2) is 4.70. The Morgan fingerprint density at radius 2 is 1.79 bits per heavy atom. The third-order valence-electron chi connectivity index (χ3n) is 3.11. The highest BCUT2D eigenvalue weighted by Crippen LogP contribution is 2.31. The van der Waals surface area contributed by atoms with Gasteiger partial charge >= 0.3 is 0 Å². The Balaban J connectivity index is 2.32. The Labute approximate surface area is 120 Å². The molecular formula is C15H14BrN3. The fourth-order valence-electron chi connectivity index (χ4n) is 2.23. The number of anilines is 1. The van der Waals surface area contributed by atoms with Gasteiger partial charge in [0, 0.05) is 25.9 Å². The SMILES string of the molecule is CN(C)c1cccn2c(-c3ccccc3)nc(Br)c12. The van der Waals surface area contributed by atoms with Crippen LogP contribution in [0.25, 0.3) is 16.9 Å². The number of fused-ring (bicyclic) bond motifs is 1. The third-order valence-corrected chi connectivity index (χ3v) is 3.67. The van der Waals surface area contributed by atoms with Crippen molar-refractivity contribution in [2.24, 2.45) is 0 Å². The minimum absolute atomic E-state index is 0.871. The summed E-state index contributed by atoms with van der Waals surface area (Å²) in [4.78, 5) is 6.75. The highest BCUT2D eigenvalue weighted by molar-refractivity contribution is 9.10. The zero-order chi connectivity index (χ0) is 13.4. The first-order valence-corrected chi connectivity index (χ1v) is 6.87.